The molecule has 0 saturated heterocycles. The van der Waals surface area contributed by atoms with Crippen LogP contribution >= 0.6 is 0 Å². The molecule has 1 N–H and O–H groups in total. The standard InChI is InChI=1S/C15H8F7NO5S2/c1-2-7-3-5-8(6-4-7)28-13-9(16)11(18)14(12(19)10(13)17)29(24,25)23-30(26,27)15(20,21)22/h2-6H,1H2,(H,23,24,25). The highest BCUT2D eigenvalue weighted by molar-refractivity contribution is 8.01. The molecular formula is C15H8F7NO5S2. The van der Waals surface area contributed by atoms with Gasteiger partial charge in [-0.1, -0.05) is 28.6 Å². The Morgan fingerprint density at radius 1 is 0.933 bits per heavy atom. The van der Waals surface area contributed by atoms with Crippen molar-refractivity contribution in [2.24, 2.45) is 3.77 Å². The van der Waals surface area contributed by atoms with Crippen molar-refractivity contribution < 1.29 is 52.6 Å². The van der Waals surface area contributed by atoms with Crippen LogP contribution in [-0.4, -0.2) is 22.7 Å². The summed E-state index contributed by atoms with van der Waals surface area (Å²) >= 11 is 0. The summed E-state index contributed by atoms with van der Waals surface area (Å²) in [5.41, 5.74) is -5.69. The first-order chi connectivity index (χ1) is 13.6. The molecule has 2 aromatic carbocycles. The summed E-state index contributed by atoms with van der Waals surface area (Å²) in [6.07, 6.45) is 1.38. The van der Waals surface area contributed by atoms with Crippen molar-refractivity contribution in [2.75, 3.05) is 0 Å². The fourth-order valence-electron chi connectivity index (χ4n) is 1.92. The summed E-state index contributed by atoms with van der Waals surface area (Å²) in [4.78, 5) is -2.57. The van der Waals surface area contributed by atoms with Crippen LogP contribution in [0.4, 0.5) is 30.7 Å². The zero-order valence-corrected chi connectivity index (χ0v) is 15.7. The van der Waals surface area contributed by atoms with Crippen LogP contribution in [0.2, 0.25) is 0 Å². The van der Waals surface area contributed by atoms with Crippen molar-refractivity contribution in [2.45, 2.75) is 10.4 Å². The van der Waals surface area contributed by atoms with E-state index in [9.17, 15) is 47.9 Å². The second kappa shape index (κ2) is 7.88. The van der Waals surface area contributed by atoms with Gasteiger partial charge in [-0.3, -0.25) is 4.55 Å². The van der Waals surface area contributed by atoms with Gasteiger partial charge < -0.3 is 4.74 Å². The molecule has 0 aliphatic carbocycles. The van der Waals surface area contributed by atoms with Crippen molar-refractivity contribution >= 4 is 26.1 Å². The molecule has 0 saturated carbocycles. The van der Waals surface area contributed by atoms with Gasteiger partial charge in [0.05, 0.1) is 0 Å². The lowest BCUT2D eigenvalue weighted by Crippen LogP contribution is -2.23. The Morgan fingerprint density at radius 3 is 1.80 bits per heavy atom. The third kappa shape index (κ3) is 4.41. The molecule has 0 bridgehead atoms. The van der Waals surface area contributed by atoms with Crippen molar-refractivity contribution in [3.05, 3.63) is 59.7 Å². The second-order valence-electron chi connectivity index (χ2n) is 5.28. The number of alkyl halides is 3. The number of halogens is 7. The third-order valence-electron chi connectivity index (χ3n) is 3.28. The average molecular weight is 479 g/mol. The van der Waals surface area contributed by atoms with Crippen LogP contribution in [0.1, 0.15) is 5.56 Å². The van der Waals surface area contributed by atoms with E-state index in [2.05, 4.69) is 11.3 Å². The maximum absolute atomic E-state index is 14.2. The normalized spacial score (nSPS) is 14.1. The molecule has 0 aliphatic rings. The molecule has 0 amide bonds. The number of sulfonamides is 1. The SMILES string of the molecule is C=Cc1ccc(Oc2c(F)c(F)c(S(=O)(O)=NS(=O)(=O)C(F)(F)F)c(F)c2F)cc1. The number of nitrogens with zero attached hydrogens (tertiary/aromatic N) is 1. The monoisotopic (exact) mass is 479 g/mol. The van der Waals surface area contributed by atoms with E-state index in [1.165, 1.54) is 22.0 Å². The van der Waals surface area contributed by atoms with Crippen LogP contribution in [0.15, 0.2) is 39.5 Å². The molecule has 0 fully saturated rings. The molecule has 6 nitrogen and oxygen atoms in total. The zero-order chi connectivity index (χ0) is 23.1. The zero-order valence-electron chi connectivity index (χ0n) is 14.1. The fourth-order valence-corrected chi connectivity index (χ4v) is 4.26. The van der Waals surface area contributed by atoms with E-state index in [4.69, 9.17) is 0 Å². The molecule has 164 valence electrons. The van der Waals surface area contributed by atoms with E-state index < -0.39 is 59.5 Å². The summed E-state index contributed by atoms with van der Waals surface area (Å²) in [7, 11) is -12.9. The summed E-state index contributed by atoms with van der Waals surface area (Å²) < 4.78 is 143. The van der Waals surface area contributed by atoms with E-state index >= 15 is 0 Å². The molecule has 1 unspecified atom stereocenters. The molecule has 2 aromatic rings. The molecule has 0 aromatic heterocycles. The Labute approximate surface area is 164 Å². The van der Waals surface area contributed by atoms with Gasteiger partial charge in [0.2, 0.25) is 27.4 Å². The summed E-state index contributed by atoms with van der Waals surface area (Å²) in [6, 6.07) is 4.89. The Balaban J connectivity index is 2.68. The van der Waals surface area contributed by atoms with Gasteiger partial charge in [0.25, 0.3) is 0 Å². The fraction of sp³-hybridized carbons (Fsp3) is 0.0667. The minimum atomic E-state index is -6.75. The highest BCUT2D eigenvalue weighted by atomic mass is 32.3. The molecule has 0 aliphatic heterocycles. The van der Waals surface area contributed by atoms with Crippen LogP contribution in [0.3, 0.4) is 0 Å². The largest absolute Gasteiger partial charge is 0.519 e. The number of rotatable bonds is 5. The van der Waals surface area contributed by atoms with Gasteiger partial charge in [0.1, 0.15) is 5.75 Å². The highest BCUT2D eigenvalue weighted by Crippen LogP contribution is 2.36. The lowest BCUT2D eigenvalue weighted by atomic mass is 10.2. The van der Waals surface area contributed by atoms with Crippen LogP contribution in [0, 0.1) is 23.3 Å². The van der Waals surface area contributed by atoms with Gasteiger partial charge >= 0.3 is 15.5 Å². The van der Waals surface area contributed by atoms with E-state index in [1.54, 1.807) is 0 Å². The number of benzene rings is 2. The average Bonchev–Trinajstić information content (AvgIpc) is 2.62. The minimum absolute atomic E-state index is 0.348. The molecule has 1 atom stereocenters. The van der Waals surface area contributed by atoms with Crippen molar-refractivity contribution in [3.63, 3.8) is 0 Å². The third-order valence-corrected chi connectivity index (χ3v) is 6.34. The molecule has 0 heterocycles. The summed E-state index contributed by atoms with van der Waals surface area (Å²) in [5.74, 6) is -12.3. The first-order valence-corrected chi connectivity index (χ1v) is 10.1. The quantitative estimate of drug-likeness (QED) is 0.490. The second-order valence-corrected chi connectivity index (χ2v) is 8.69. The number of ether oxygens (including phenoxy) is 1. The first-order valence-electron chi connectivity index (χ1n) is 7.21. The molecule has 2 rings (SSSR count). The van der Waals surface area contributed by atoms with Gasteiger partial charge in [0.15, 0.2) is 16.5 Å². The maximum Gasteiger partial charge on any atom is 0.519 e. The predicted molar refractivity (Wildman–Crippen MR) is 89.3 cm³/mol. The summed E-state index contributed by atoms with van der Waals surface area (Å²) in [6.45, 7) is 3.44. The van der Waals surface area contributed by atoms with Crippen LogP contribution < -0.4 is 4.74 Å². The Morgan fingerprint density at radius 2 is 1.40 bits per heavy atom. The van der Waals surface area contributed by atoms with Crippen molar-refractivity contribution in [3.8, 4) is 11.5 Å². The lowest BCUT2D eigenvalue weighted by Gasteiger charge is -2.13. The molecular weight excluding hydrogens is 471 g/mol. The van der Waals surface area contributed by atoms with E-state index in [1.807, 2.05) is 0 Å². The van der Waals surface area contributed by atoms with Gasteiger partial charge in [-0.25, -0.2) is 13.0 Å². The van der Waals surface area contributed by atoms with Gasteiger partial charge in [-0.2, -0.15) is 30.4 Å². The maximum atomic E-state index is 14.2. The minimum Gasteiger partial charge on any atom is -0.451 e. The molecule has 0 spiro atoms. The predicted octanol–water partition coefficient (Wildman–Crippen LogP) is 4.83. The topological polar surface area (TPSA) is 93.0 Å². The molecule has 15 heteroatoms. The molecule has 30 heavy (non-hydrogen) atoms. The van der Waals surface area contributed by atoms with Crippen LogP contribution in [-0.2, 0) is 20.0 Å². The Hall–Kier alpha value is -2.65. The Bertz CT molecular complexity index is 1200. The van der Waals surface area contributed by atoms with Crippen LogP contribution in [0.5, 0.6) is 11.5 Å². The van der Waals surface area contributed by atoms with Crippen molar-refractivity contribution in [1.82, 2.24) is 0 Å². The smallest absolute Gasteiger partial charge is 0.451 e. The number of hydrogen-bond donors (Lipinski definition) is 1. The van der Waals surface area contributed by atoms with E-state index in [-0.39, 0.29) is 5.75 Å². The molecule has 0 radical (unpaired) electrons. The van der Waals surface area contributed by atoms with Crippen LogP contribution in [0.25, 0.3) is 6.08 Å². The van der Waals surface area contributed by atoms with Crippen molar-refractivity contribution in [1.29, 1.82) is 0 Å². The van der Waals surface area contributed by atoms with Gasteiger partial charge in [0, 0.05) is 0 Å². The number of hydrogen-bond acceptors (Lipinski definition) is 4. The van der Waals surface area contributed by atoms with E-state index in [0.717, 1.165) is 12.1 Å². The first kappa shape index (κ1) is 23.6. The summed E-state index contributed by atoms with van der Waals surface area (Å²) in [5, 5.41) is 0. The van der Waals surface area contributed by atoms with Gasteiger partial charge in [-0.15, -0.1) is 0 Å². The Kier molecular flexibility index (Phi) is 6.21. The van der Waals surface area contributed by atoms with Gasteiger partial charge in [-0.05, 0) is 17.7 Å². The highest BCUT2D eigenvalue weighted by Gasteiger charge is 2.48. The van der Waals surface area contributed by atoms with E-state index in [0.29, 0.717) is 5.56 Å². The lowest BCUT2D eigenvalue weighted by molar-refractivity contribution is -0.0435.